The second-order valence-electron chi connectivity index (χ2n) is 3.53. The fourth-order valence-electron chi connectivity index (χ4n) is 0.959. The van der Waals surface area contributed by atoms with Crippen molar-refractivity contribution < 1.29 is 5.11 Å². The molecule has 1 unspecified atom stereocenters. The van der Waals surface area contributed by atoms with E-state index in [4.69, 9.17) is 11.6 Å². The number of hydrogen-bond donors (Lipinski definition) is 2. The Morgan fingerprint density at radius 3 is 2.87 bits per heavy atom. The van der Waals surface area contributed by atoms with Crippen LogP contribution in [0.1, 0.15) is 20.3 Å². The van der Waals surface area contributed by atoms with Crippen molar-refractivity contribution in [3.05, 3.63) is 16.0 Å². The highest BCUT2D eigenvalue weighted by atomic mass is 79.9. The SMILES string of the molecule is CCC(C)(CO)Nc1nc(Cl)ncc1Br. The molecule has 0 amide bonds. The van der Waals surface area contributed by atoms with Gasteiger partial charge < -0.3 is 10.4 Å². The third-order valence-corrected chi connectivity index (χ3v) is 3.03. The average molecular weight is 295 g/mol. The summed E-state index contributed by atoms with van der Waals surface area (Å²) < 4.78 is 0.722. The first kappa shape index (κ1) is 12.7. The molecular weight excluding hydrogens is 281 g/mol. The summed E-state index contributed by atoms with van der Waals surface area (Å²) in [6.45, 7) is 3.92. The molecule has 15 heavy (non-hydrogen) atoms. The van der Waals surface area contributed by atoms with Crippen molar-refractivity contribution in [1.29, 1.82) is 0 Å². The van der Waals surface area contributed by atoms with E-state index in [1.54, 1.807) is 6.20 Å². The Balaban J connectivity index is 2.92. The molecule has 0 aliphatic heterocycles. The van der Waals surface area contributed by atoms with E-state index < -0.39 is 5.54 Å². The van der Waals surface area contributed by atoms with Crippen LogP contribution in [-0.2, 0) is 0 Å². The largest absolute Gasteiger partial charge is 0.394 e. The lowest BCUT2D eigenvalue weighted by Crippen LogP contribution is -2.38. The Morgan fingerprint density at radius 2 is 2.33 bits per heavy atom. The quantitative estimate of drug-likeness (QED) is 0.838. The zero-order valence-corrected chi connectivity index (χ0v) is 10.9. The van der Waals surface area contributed by atoms with Gasteiger partial charge >= 0.3 is 0 Å². The molecule has 0 aromatic carbocycles. The van der Waals surface area contributed by atoms with Gasteiger partial charge in [-0.1, -0.05) is 6.92 Å². The van der Waals surface area contributed by atoms with Crippen LogP contribution in [-0.4, -0.2) is 27.2 Å². The van der Waals surface area contributed by atoms with E-state index in [2.05, 4.69) is 31.2 Å². The first-order chi connectivity index (χ1) is 7.00. The molecule has 6 heteroatoms. The summed E-state index contributed by atoms with van der Waals surface area (Å²) in [5.41, 5.74) is -0.403. The number of aromatic nitrogens is 2. The van der Waals surface area contributed by atoms with Crippen molar-refractivity contribution in [3.63, 3.8) is 0 Å². The normalized spacial score (nSPS) is 14.7. The maximum Gasteiger partial charge on any atom is 0.224 e. The minimum absolute atomic E-state index is 0.0254. The fraction of sp³-hybridized carbons (Fsp3) is 0.556. The van der Waals surface area contributed by atoms with E-state index in [0.29, 0.717) is 5.82 Å². The molecule has 1 rings (SSSR count). The van der Waals surface area contributed by atoms with Gasteiger partial charge in [0.25, 0.3) is 0 Å². The standard InChI is InChI=1S/C9H13BrClN3O/c1-3-9(2,5-15)14-7-6(10)4-12-8(11)13-7/h4,15H,3,5H2,1-2H3,(H,12,13,14). The van der Waals surface area contributed by atoms with E-state index in [1.165, 1.54) is 0 Å². The number of aliphatic hydroxyl groups is 1. The molecule has 0 saturated carbocycles. The Kier molecular flexibility index (Phi) is 4.31. The van der Waals surface area contributed by atoms with Gasteiger partial charge in [0.15, 0.2) is 0 Å². The summed E-state index contributed by atoms with van der Waals surface area (Å²) in [4.78, 5) is 7.86. The third-order valence-electron chi connectivity index (χ3n) is 2.26. The Hall–Kier alpha value is -0.390. The van der Waals surface area contributed by atoms with Crippen LogP contribution >= 0.6 is 27.5 Å². The highest BCUT2D eigenvalue weighted by Crippen LogP contribution is 2.24. The number of anilines is 1. The summed E-state index contributed by atoms with van der Waals surface area (Å²) in [5.74, 6) is 0.591. The molecule has 0 radical (unpaired) electrons. The summed E-state index contributed by atoms with van der Waals surface area (Å²) in [5, 5.41) is 12.6. The molecule has 84 valence electrons. The fourth-order valence-corrected chi connectivity index (χ4v) is 1.38. The van der Waals surface area contributed by atoms with Crippen LogP contribution in [0.2, 0.25) is 5.28 Å². The average Bonchev–Trinajstić information content (AvgIpc) is 2.23. The number of nitrogens with zero attached hydrogens (tertiary/aromatic N) is 2. The molecule has 0 aliphatic rings. The molecule has 1 heterocycles. The van der Waals surface area contributed by atoms with Gasteiger partial charge in [-0.05, 0) is 40.9 Å². The summed E-state index contributed by atoms with van der Waals surface area (Å²) >= 11 is 9.00. The Bertz CT molecular complexity index is 344. The predicted molar refractivity (Wildman–Crippen MR) is 64.1 cm³/mol. The van der Waals surface area contributed by atoms with Crippen molar-refractivity contribution >= 4 is 33.3 Å². The maximum atomic E-state index is 9.25. The highest BCUT2D eigenvalue weighted by molar-refractivity contribution is 9.10. The Labute approximate surface area is 102 Å². The number of nitrogens with one attached hydrogen (secondary N) is 1. The van der Waals surface area contributed by atoms with Crippen molar-refractivity contribution in [2.75, 3.05) is 11.9 Å². The van der Waals surface area contributed by atoms with Crippen molar-refractivity contribution in [2.24, 2.45) is 0 Å². The number of hydrogen-bond acceptors (Lipinski definition) is 4. The molecule has 4 nitrogen and oxygen atoms in total. The number of aliphatic hydroxyl groups excluding tert-OH is 1. The monoisotopic (exact) mass is 293 g/mol. The van der Waals surface area contributed by atoms with E-state index in [0.717, 1.165) is 10.9 Å². The van der Waals surface area contributed by atoms with Crippen LogP contribution in [0.15, 0.2) is 10.7 Å². The predicted octanol–water partition coefficient (Wildman–Crippen LogP) is 2.47. The highest BCUT2D eigenvalue weighted by Gasteiger charge is 2.22. The van der Waals surface area contributed by atoms with E-state index >= 15 is 0 Å². The number of halogens is 2. The van der Waals surface area contributed by atoms with E-state index in [9.17, 15) is 5.11 Å². The topological polar surface area (TPSA) is 58.0 Å². The smallest absolute Gasteiger partial charge is 0.224 e. The number of rotatable bonds is 4. The van der Waals surface area contributed by atoms with Gasteiger partial charge in [-0.3, -0.25) is 0 Å². The van der Waals surface area contributed by atoms with Crippen LogP contribution in [0.3, 0.4) is 0 Å². The van der Waals surface area contributed by atoms with E-state index in [1.807, 2.05) is 13.8 Å². The lowest BCUT2D eigenvalue weighted by atomic mass is 10.0. The maximum absolute atomic E-state index is 9.25. The van der Waals surface area contributed by atoms with Crippen molar-refractivity contribution in [2.45, 2.75) is 25.8 Å². The molecule has 1 aromatic rings. The molecule has 1 aromatic heterocycles. The molecule has 1 atom stereocenters. The molecule has 0 saturated heterocycles. The van der Waals surface area contributed by atoms with Crippen LogP contribution in [0.4, 0.5) is 5.82 Å². The zero-order valence-electron chi connectivity index (χ0n) is 8.59. The van der Waals surface area contributed by atoms with Gasteiger partial charge in [0.05, 0.1) is 16.6 Å². The molecular formula is C9H13BrClN3O. The molecule has 0 spiro atoms. The van der Waals surface area contributed by atoms with Gasteiger partial charge in [0.2, 0.25) is 5.28 Å². The second-order valence-corrected chi connectivity index (χ2v) is 4.73. The van der Waals surface area contributed by atoms with Crippen LogP contribution < -0.4 is 5.32 Å². The third kappa shape index (κ3) is 3.29. The van der Waals surface area contributed by atoms with Crippen LogP contribution in [0.25, 0.3) is 0 Å². The Morgan fingerprint density at radius 1 is 1.67 bits per heavy atom. The first-order valence-corrected chi connectivity index (χ1v) is 5.75. The van der Waals surface area contributed by atoms with Gasteiger partial charge in [0.1, 0.15) is 5.82 Å². The summed E-state index contributed by atoms with van der Waals surface area (Å²) in [6.07, 6.45) is 2.35. The van der Waals surface area contributed by atoms with Crippen LogP contribution in [0, 0.1) is 0 Å². The second kappa shape index (κ2) is 5.09. The minimum Gasteiger partial charge on any atom is -0.394 e. The van der Waals surface area contributed by atoms with Gasteiger partial charge in [-0.2, -0.15) is 4.98 Å². The van der Waals surface area contributed by atoms with Crippen LogP contribution in [0.5, 0.6) is 0 Å². The van der Waals surface area contributed by atoms with Gasteiger partial charge in [0, 0.05) is 6.20 Å². The summed E-state index contributed by atoms with van der Waals surface area (Å²) in [6, 6.07) is 0. The molecule has 0 bridgehead atoms. The zero-order chi connectivity index (χ0) is 11.5. The van der Waals surface area contributed by atoms with Crippen molar-refractivity contribution in [1.82, 2.24) is 9.97 Å². The van der Waals surface area contributed by atoms with E-state index in [-0.39, 0.29) is 11.9 Å². The molecule has 0 aliphatic carbocycles. The first-order valence-electron chi connectivity index (χ1n) is 4.58. The molecule has 2 N–H and O–H groups in total. The summed E-state index contributed by atoms with van der Waals surface area (Å²) in [7, 11) is 0. The van der Waals surface area contributed by atoms with Gasteiger partial charge in [-0.25, -0.2) is 4.98 Å². The van der Waals surface area contributed by atoms with Crippen molar-refractivity contribution in [3.8, 4) is 0 Å². The molecule has 0 fully saturated rings. The minimum atomic E-state index is -0.403. The van der Waals surface area contributed by atoms with Gasteiger partial charge in [-0.15, -0.1) is 0 Å². The lowest BCUT2D eigenvalue weighted by Gasteiger charge is -2.28. The lowest BCUT2D eigenvalue weighted by molar-refractivity contribution is 0.218.